The molecule has 1 aliphatic carbocycles. The predicted octanol–water partition coefficient (Wildman–Crippen LogP) is 5.63. The van der Waals surface area contributed by atoms with Gasteiger partial charge in [-0.15, -0.1) is 0 Å². The first-order chi connectivity index (χ1) is 18.8. The van der Waals surface area contributed by atoms with Gasteiger partial charge in [-0.1, -0.05) is 55.3 Å². The summed E-state index contributed by atoms with van der Waals surface area (Å²) < 4.78 is 21.1. The average molecular weight is 528 g/mol. The van der Waals surface area contributed by atoms with Crippen molar-refractivity contribution in [2.24, 2.45) is 0 Å². The van der Waals surface area contributed by atoms with E-state index in [1.54, 1.807) is 19.1 Å². The number of carbonyl (C=O) groups is 1. The molecule has 200 valence electrons. The van der Waals surface area contributed by atoms with Crippen molar-refractivity contribution < 1.29 is 19.0 Å². The Bertz CT molecular complexity index is 1550. The number of benzene rings is 3. The molecule has 2 N–H and O–H groups in total. The Morgan fingerprint density at radius 1 is 1.05 bits per heavy atom. The lowest BCUT2D eigenvalue weighted by Gasteiger charge is -2.30. The number of nitrogens with zero attached hydrogens (tertiary/aromatic N) is 2. The van der Waals surface area contributed by atoms with E-state index in [4.69, 9.17) is 4.74 Å². The van der Waals surface area contributed by atoms with Gasteiger partial charge in [-0.2, -0.15) is 5.10 Å². The maximum atomic E-state index is 13.6. The largest absolute Gasteiger partial charge is 0.503 e. The van der Waals surface area contributed by atoms with Crippen LogP contribution >= 0.6 is 0 Å². The second-order valence-electron chi connectivity index (χ2n) is 10.1. The summed E-state index contributed by atoms with van der Waals surface area (Å²) in [6.07, 6.45) is 5.12. The smallest absolute Gasteiger partial charge is 0.276 e. The van der Waals surface area contributed by atoms with Crippen molar-refractivity contribution in [2.45, 2.75) is 51.1 Å². The number of rotatable bonds is 8. The standard InChI is InChI=1S/C31H30FN3O4/c1-21-16-22(12-13-26(21)32)18-33-30(38)28-29(37)27(36)19-35(34-28)20-31(14-5-6-15-31)23-8-7-11-25(17-23)39-24-9-3-2-4-10-24/h2-4,7-13,16-17,19,36H,5-6,14-15,18,20H2,1H3,(H,33,38). The zero-order valence-corrected chi connectivity index (χ0v) is 21.7. The lowest BCUT2D eigenvalue weighted by atomic mass is 9.78. The number of hydrogen-bond donors (Lipinski definition) is 2. The van der Waals surface area contributed by atoms with E-state index in [1.165, 1.54) is 16.9 Å². The number of ether oxygens (including phenoxy) is 1. The molecule has 0 unspecified atom stereocenters. The maximum absolute atomic E-state index is 13.6. The van der Waals surface area contributed by atoms with Crippen LogP contribution in [0.4, 0.5) is 4.39 Å². The Balaban J connectivity index is 1.39. The summed E-state index contributed by atoms with van der Waals surface area (Å²) in [4.78, 5) is 25.5. The Kier molecular flexibility index (Phi) is 7.45. The fourth-order valence-corrected chi connectivity index (χ4v) is 5.25. The van der Waals surface area contributed by atoms with Gasteiger partial charge in [0.25, 0.3) is 11.3 Å². The Labute approximate surface area is 225 Å². The van der Waals surface area contributed by atoms with Crippen LogP contribution in [0.5, 0.6) is 17.2 Å². The summed E-state index contributed by atoms with van der Waals surface area (Å²) >= 11 is 0. The van der Waals surface area contributed by atoms with E-state index in [9.17, 15) is 19.1 Å². The topological polar surface area (TPSA) is 93.5 Å². The SMILES string of the molecule is Cc1cc(CNC(=O)c2nn(CC3(c4cccc(Oc5ccccc5)c4)CCCC3)cc(O)c2=O)ccc1F. The first-order valence-electron chi connectivity index (χ1n) is 13.0. The summed E-state index contributed by atoms with van der Waals surface area (Å²) in [5, 5.41) is 17.4. The molecule has 7 nitrogen and oxygen atoms in total. The van der Waals surface area contributed by atoms with Gasteiger partial charge in [0, 0.05) is 12.0 Å². The van der Waals surface area contributed by atoms with E-state index in [2.05, 4.69) is 16.5 Å². The highest BCUT2D eigenvalue weighted by Crippen LogP contribution is 2.43. The molecule has 1 heterocycles. The van der Waals surface area contributed by atoms with Gasteiger partial charge in [-0.05, 0) is 66.8 Å². The first kappa shape index (κ1) is 26.2. The van der Waals surface area contributed by atoms with Crippen molar-refractivity contribution in [2.75, 3.05) is 0 Å². The van der Waals surface area contributed by atoms with Gasteiger partial charge in [-0.25, -0.2) is 4.39 Å². The lowest BCUT2D eigenvalue weighted by molar-refractivity contribution is 0.0940. The van der Waals surface area contributed by atoms with Crippen molar-refractivity contribution >= 4 is 5.91 Å². The molecule has 8 heteroatoms. The zero-order valence-electron chi connectivity index (χ0n) is 21.7. The van der Waals surface area contributed by atoms with Crippen molar-refractivity contribution in [3.63, 3.8) is 0 Å². The summed E-state index contributed by atoms with van der Waals surface area (Å²) in [6, 6.07) is 22.0. The lowest BCUT2D eigenvalue weighted by Crippen LogP contribution is -2.34. The molecule has 0 bridgehead atoms. The number of aromatic hydroxyl groups is 1. The molecule has 1 saturated carbocycles. The predicted molar refractivity (Wildman–Crippen MR) is 146 cm³/mol. The molecule has 0 saturated heterocycles. The van der Waals surface area contributed by atoms with Gasteiger partial charge in [0.15, 0.2) is 11.4 Å². The molecule has 1 amide bonds. The molecule has 0 spiro atoms. The van der Waals surface area contributed by atoms with Crippen molar-refractivity contribution in [1.29, 1.82) is 0 Å². The number of nitrogens with one attached hydrogen (secondary N) is 1. The van der Waals surface area contributed by atoms with Crippen LogP contribution in [0.3, 0.4) is 0 Å². The second-order valence-corrected chi connectivity index (χ2v) is 10.1. The third kappa shape index (κ3) is 5.85. The van der Waals surface area contributed by atoms with Gasteiger partial charge in [-0.3, -0.25) is 14.3 Å². The summed E-state index contributed by atoms with van der Waals surface area (Å²) in [5.74, 6) is -0.113. The van der Waals surface area contributed by atoms with Crippen LogP contribution < -0.4 is 15.5 Å². The van der Waals surface area contributed by atoms with Gasteiger partial charge in [0.2, 0.25) is 0 Å². The molecular weight excluding hydrogens is 497 g/mol. The summed E-state index contributed by atoms with van der Waals surface area (Å²) in [6.45, 7) is 2.11. The van der Waals surface area contributed by atoms with Crippen LogP contribution in [0.1, 0.15) is 52.9 Å². The van der Waals surface area contributed by atoms with Gasteiger partial charge >= 0.3 is 0 Å². The van der Waals surface area contributed by atoms with E-state index in [-0.39, 0.29) is 23.5 Å². The number of aromatic nitrogens is 2. The van der Waals surface area contributed by atoms with Gasteiger partial charge in [0.05, 0.1) is 12.7 Å². The summed E-state index contributed by atoms with van der Waals surface area (Å²) in [7, 11) is 0. The Morgan fingerprint density at radius 2 is 1.79 bits per heavy atom. The number of halogens is 1. The van der Waals surface area contributed by atoms with E-state index in [0.29, 0.717) is 17.7 Å². The molecule has 0 atom stereocenters. The van der Waals surface area contributed by atoms with Crippen LogP contribution in [0.25, 0.3) is 0 Å². The Morgan fingerprint density at radius 3 is 2.54 bits per heavy atom. The zero-order chi connectivity index (χ0) is 27.4. The highest BCUT2D eigenvalue weighted by molar-refractivity contribution is 5.92. The maximum Gasteiger partial charge on any atom is 0.276 e. The quantitative estimate of drug-likeness (QED) is 0.310. The fraction of sp³-hybridized carbons (Fsp3) is 0.258. The molecule has 3 aromatic carbocycles. The number of hydrogen-bond acceptors (Lipinski definition) is 5. The molecule has 0 radical (unpaired) electrons. The van der Waals surface area contributed by atoms with Crippen molar-refractivity contribution in [3.05, 3.63) is 117 Å². The number of amides is 1. The Hall–Kier alpha value is -4.46. The van der Waals surface area contributed by atoms with Crippen LogP contribution in [-0.2, 0) is 18.5 Å². The molecule has 1 fully saturated rings. The third-order valence-corrected chi connectivity index (χ3v) is 7.29. The summed E-state index contributed by atoms with van der Waals surface area (Å²) in [5.41, 5.74) is 0.696. The molecule has 39 heavy (non-hydrogen) atoms. The van der Waals surface area contributed by atoms with Gasteiger partial charge in [0.1, 0.15) is 17.3 Å². The minimum atomic E-state index is -0.835. The van der Waals surface area contributed by atoms with Crippen LogP contribution in [0.15, 0.2) is 83.8 Å². The highest BCUT2D eigenvalue weighted by Gasteiger charge is 2.37. The molecule has 1 aromatic heterocycles. The number of para-hydroxylation sites is 1. The van der Waals surface area contributed by atoms with Crippen molar-refractivity contribution in [3.8, 4) is 17.2 Å². The van der Waals surface area contributed by atoms with Crippen molar-refractivity contribution in [1.82, 2.24) is 15.1 Å². The monoisotopic (exact) mass is 527 g/mol. The van der Waals surface area contributed by atoms with E-state index >= 15 is 0 Å². The molecular formula is C31H30FN3O4. The minimum Gasteiger partial charge on any atom is -0.503 e. The van der Waals surface area contributed by atoms with E-state index in [0.717, 1.165) is 42.7 Å². The van der Waals surface area contributed by atoms with Crippen LogP contribution in [0.2, 0.25) is 0 Å². The molecule has 1 aliphatic rings. The number of aryl methyl sites for hydroxylation is 1. The van der Waals surface area contributed by atoms with Crippen LogP contribution in [-0.4, -0.2) is 20.8 Å². The second kappa shape index (κ2) is 11.1. The third-order valence-electron chi connectivity index (χ3n) is 7.29. The van der Waals surface area contributed by atoms with Gasteiger partial charge < -0.3 is 15.2 Å². The highest BCUT2D eigenvalue weighted by atomic mass is 19.1. The fourth-order valence-electron chi connectivity index (χ4n) is 5.25. The molecule has 0 aliphatic heterocycles. The first-order valence-corrected chi connectivity index (χ1v) is 13.0. The van der Waals surface area contributed by atoms with Crippen LogP contribution in [0, 0.1) is 12.7 Å². The minimum absolute atomic E-state index is 0.0921. The normalized spacial score (nSPS) is 14.2. The van der Waals surface area contributed by atoms with E-state index in [1.807, 2.05) is 48.5 Å². The molecule has 4 aromatic rings. The number of carbonyl (C=O) groups excluding carboxylic acids is 1. The average Bonchev–Trinajstić information content (AvgIpc) is 3.41. The van der Waals surface area contributed by atoms with E-state index < -0.39 is 17.1 Å². The molecule has 5 rings (SSSR count).